The molecule has 0 unspecified atom stereocenters. The number of nitrogens with zero attached hydrogens (tertiary/aromatic N) is 1. The summed E-state index contributed by atoms with van der Waals surface area (Å²) in [5, 5.41) is 2.98. The Balaban J connectivity index is 2.36. The molecule has 0 aliphatic rings. The van der Waals surface area contributed by atoms with Crippen molar-refractivity contribution in [3.8, 4) is 0 Å². The molecule has 0 atom stereocenters. The standard InChI is InChI=1S/C14H19N3O2S/c1-3-17(13-7-5-4-6-8-13)20(18,19)14-9-12(10-15-2)16-11-14/h4-9,11,15-16H,3,10H2,1-2H3. The maximum absolute atomic E-state index is 12.7. The average molecular weight is 293 g/mol. The number of aromatic amines is 1. The molecule has 2 rings (SSSR count). The summed E-state index contributed by atoms with van der Waals surface area (Å²) in [6.07, 6.45) is 1.54. The van der Waals surface area contributed by atoms with Crippen molar-refractivity contribution in [3.05, 3.63) is 48.3 Å². The number of sulfonamides is 1. The minimum absolute atomic E-state index is 0.286. The largest absolute Gasteiger partial charge is 0.363 e. The Kier molecular flexibility index (Phi) is 4.46. The zero-order valence-electron chi connectivity index (χ0n) is 11.6. The van der Waals surface area contributed by atoms with E-state index < -0.39 is 10.0 Å². The summed E-state index contributed by atoms with van der Waals surface area (Å²) >= 11 is 0. The Morgan fingerprint density at radius 3 is 2.55 bits per heavy atom. The molecular formula is C14H19N3O2S. The molecule has 0 amide bonds. The molecule has 2 N–H and O–H groups in total. The Bertz CT molecular complexity index is 650. The lowest BCUT2D eigenvalue weighted by Gasteiger charge is -2.22. The maximum Gasteiger partial charge on any atom is 0.265 e. The van der Waals surface area contributed by atoms with E-state index in [0.717, 1.165) is 5.69 Å². The van der Waals surface area contributed by atoms with Crippen LogP contribution in [0.2, 0.25) is 0 Å². The number of benzene rings is 1. The van der Waals surface area contributed by atoms with Gasteiger partial charge in [-0.15, -0.1) is 0 Å². The Morgan fingerprint density at radius 2 is 1.95 bits per heavy atom. The fourth-order valence-electron chi connectivity index (χ4n) is 2.07. The highest BCUT2D eigenvalue weighted by molar-refractivity contribution is 7.92. The molecule has 0 saturated carbocycles. The second-order valence-corrected chi connectivity index (χ2v) is 6.26. The predicted octanol–water partition coefficient (Wildman–Crippen LogP) is 1.95. The van der Waals surface area contributed by atoms with Crippen LogP contribution in [-0.2, 0) is 16.6 Å². The van der Waals surface area contributed by atoms with E-state index in [4.69, 9.17) is 0 Å². The summed E-state index contributed by atoms with van der Waals surface area (Å²) < 4.78 is 26.7. The van der Waals surface area contributed by atoms with Gasteiger partial charge in [0.15, 0.2) is 0 Å². The van der Waals surface area contributed by atoms with Crippen LogP contribution in [0.1, 0.15) is 12.6 Å². The molecule has 108 valence electrons. The van der Waals surface area contributed by atoms with E-state index in [2.05, 4.69) is 10.3 Å². The lowest BCUT2D eigenvalue weighted by molar-refractivity contribution is 0.592. The van der Waals surface area contributed by atoms with Crippen molar-refractivity contribution in [1.82, 2.24) is 10.3 Å². The number of para-hydroxylation sites is 1. The third-order valence-corrected chi connectivity index (χ3v) is 4.88. The van der Waals surface area contributed by atoms with Crippen molar-refractivity contribution in [2.24, 2.45) is 0 Å². The predicted molar refractivity (Wildman–Crippen MR) is 80.2 cm³/mol. The Hall–Kier alpha value is -1.79. The number of anilines is 1. The summed E-state index contributed by atoms with van der Waals surface area (Å²) in [4.78, 5) is 3.26. The lowest BCUT2D eigenvalue weighted by Crippen LogP contribution is -2.30. The molecule has 6 heteroatoms. The summed E-state index contributed by atoms with van der Waals surface area (Å²) in [5.41, 5.74) is 1.52. The van der Waals surface area contributed by atoms with Gasteiger partial charge in [0.25, 0.3) is 10.0 Å². The average Bonchev–Trinajstić information content (AvgIpc) is 2.90. The Labute approximate surface area is 119 Å². The first-order chi connectivity index (χ1) is 9.59. The van der Waals surface area contributed by atoms with Crippen LogP contribution in [0, 0.1) is 0 Å². The van der Waals surface area contributed by atoms with E-state index in [0.29, 0.717) is 18.8 Å². The first kappa shape index (κ1) is 14.6. The highest BCUT2D eigenvalue weighted by Crippen LogP contribution is 2.23. The van der Waals surface area contributed by atoms with Gasteiger partial charge in [0, 0.05) is 25.0 Å². The van der Waals surface area contributed by atoms with E-state index in [1.54, 1.807) is 18.2 Å². The quantitative estimate of drug-likeness (QED) is 0.855. The second kappa shape index (κ2) is 6.11. The van der Waals surface area contributed by atoms with Crippen LogP contribution in [0.5, 0.6) is 0 Å². The molecule has 1 aromatic heterocycles. The van der Waals surface area contributed by atoms with Crippen molar-refractivity contribution in [3.63, 3.8) is 0 Å². The molecule has 0 spiro atoms. The van der Waals surface area contributed by atoms with E-state index in [1.807, 2.05) is 32.2 Å². The molecule has 20 heavy (non-hydrogen) atoms. The first-order valence-corrected chi connectivity index (χ1v) is 7.93. The highest BCUT2D eigenvalue weighted by Gasteiger charge is 2.24. The molecule has 0 radical (unpaired) electrons. The fourth-order valence-corrected chi connectivity index (χ4v) is 3.57. The number of hydrogen-bond acceptors (Lipinski definition) is 3. The molecule has 0 aliphatic heterocycles. The molecule has 0 bridgehead atoms. The molecule has 0 saturated heterocycles. The van der Waals surface area contributed by atoms with Crippen LogP contribution in [0.15, 0.2) is 47.5 Å². The number of nitrogens with one attached hydrogen (secondary N) is 2. The van der Waals surface area contributed by atoms with Crippen molar-refractivity contribution in [1.29, 1.82) is 0 Å². The van der Waals surface area contributed by atoms with E-state index >= 15 is 0 Å². The number of hydrogen-bond donors (Lipinski definition) is 2. The molecular weight excluding hydrogens is 274 g/mol. The van der Waals surface area contributed by atoms with Gasteiger partial charge in [-0.3, -0.25) is 4.31 Å². The van der Waals surface area contributed by atoms with E-state index in [9.17, 15) is 8.42 Å². The summed E-state index contributed by atoms with van der Waals surface area (Å²) in [5.74, 6) is 0. The second-order valence-electron chi connectivity index (χ2n) is 4.40. The maximum atomic E-state index is 12.7. The molecule has 1 heterocycles. The van der Waals surface area contributed by atoms with Gasteiger partial charge in [-0.1, -0.05) is 18.2 Å². The summed E-state index contributed by atoms with van der Waals surface area (Å²) in [6, 6.07) is 10.8. The van der Waals surface area contributed by atoms with Gasteiger partial charge in [-0.2, -0.15) is 0 Å². The molecule has 2 aromatic rings. The molecule has 1 aromatic carbocycles. The van der Waals surface area contributed by atoms with Crippen molar-refractivity contribution >= 4 is 15.7 Å². The number of aromatic nitrogens is 1. The first-order valence-electron chi connectivity index (χ1n) is 6.49. The number of H-pyrrole nitrogens is 1. The van der Waals surface area contributed by atoms with Gasteiger partial charge in [0.1, 0.15) is 4.90 Å². The fraction of sp³-hybridized carbons (Fsp3) is 0.286. The van der Waals surface area contributed by atoms with Crippen LogP contribution in [-0.4, -0.2) is 27.0 Å². The SMILES string of the molecule is CCN(c1ccccc1)S(=O)(=O)c1c[nH]c(CNC)c1. The van der Waals surface area contributed by atoms with Crippen LogP contribution >= 0.6 is 0 Å². The van der Waals surface area contributed by atoms with Crippen molar-refractivity contribution < 1.29 is 8.42 Å². The van der Waals surface area contributed by atoms with Gasteiger partial charge in [0.05, 0.1) is 5.69 Å². The molecule has 5 nitrogen and oxygen atoms in total. The third kappa shape index (κ3) is 2.86. The summed E-state index contributed by atoms with van der Waals surface area (Å²) in [6.45, 7) is 2.82. The smallest absolute Gasteiger partial charge is 0.265 e. The molecule has 0 aliphatic carbocycles. The van der Waals surface area contributed by atoms with E-state index in [-0.39, 0.29) is 4.90 Å². The number of rotatable bonds is 6. The van der Waals surface area contributed by atoms with Gasteiger partial charge < -0.3 is 10.3 Å². The van der Waals surface area contributed by atoms with Gasteiger partial charge in [0.2, 0.25) is 0 Å². The third-order valence-electron chi connectivity index (χ3n) is 3.00. The monoisotopic (exact) mass is 293 g/mol. The van der Waals surface area contributed by atoms with Gasteiger partial charge in [-0.25, -0.2) is 8.42 Å². The molecule has 0 fully saturated rings. The highest BCUT2D eigenvalue weighted by atomic mass is 32.2. The van der Waals surface area contributed by atoms with Crippen molar-refractivity contribution in [2.75, 3.05) is 17.9 Å². The van der Waals surface area contributed by atoms with Gasteiger partial charge in [-0.05, 0) is 32.2 Å². The van der Waals surface area contributed by atoms with Crippen LogP contribution in [0.25, 0.3) is 0 Å². The zero-order valence-corrected chi connectivity index (χ0v) is 12.4. The Morgan fingerprint density at radius 1 is 1.25 bits per heavy atom. The van der Waals surface area contributed by atoms with Crippen LogP contribution < -0.4 is 9.62 Å². The van der Waals surface area contributed by atoms with Crippen molar-refractivity contribution in [2.45, 2.75) is 18.4 Å². The summed E-state index contributed by atoms with van der Waals surface area (Å²) in [7, 11) is -1.71. The normalized spacial score (nSPS) is 11.5. The zero-order chi connectivity index (χ0) is 14.6. The minimum atomic E-state index is -3.53. The van der Waals surface area contributed by atoms with E-state index in [1.165, 1.54) is 10.5 Å². The van der Waals surface area contributed by atoms with Crippen LogP contribution in [0.3, 0.4) is 0 Å². The topological polar surface area (TPSA) is 65.2 Å². The van der Waals surface area contributed by atoms with Crippen LogP contribution in [0.4, 0.5) is 5.69 Å². The minimum Gasteiger partial charge on any atom is -0.363 e. The lowest BCUT2D eigenvalue weighted by atomic mass is 10.3. The van der Waals surface area contributed by atoms with Gasteiger partial charge >= 0.3 is 0 Å².